The Morgan fingerprint density at radius 3 is 2.76 bits per heavy atom. The number of aromatic nitrogens is 2. The van der Waals surface area contributed by atoms with Crippen LogP contribution < -0.4 is 11.0 Å². The minimum Gasteiger partial charge on any atom is -0.449 e. The second kappa shape index (κ2) is 7.89. The lowest BCUT2D eigenvalue weighted by molar-refractivity contribution is -0.0355. The van der Waals surface area contributed by atoms with E-state index in [1.165, 1.54) is 6.92 Å². The van der Waals surface area contributed by atoms with Gasteiger partial charge in [-0.1, -0.05) is 20.3 Å². The number of hydrogen-bond acceptors (Lipinski definition) is 7. The third-order valence-electron chi connectivity index (χ3n) is 4.07. The lowest BCUT2D eigenvalue weighted by Gasteiger charge is -2.17. The second-order valence-corrected chi connectivity index (χ2v) is 6.08. The van der Waals surface area contributed by atoms with E-state index in [1.54, 1.807) is 0 Å². The Balaban J connectivity index is 2.12. The first kappa shape index (κ1) is 19.3. The van der Waals surface area contributed by atoms with Gasteiger partial charge in [-0.05, 0) is 12.8 Å². The van der Waals surface area contributed by atoms with E-state index in [0.29, 0.717) is 0 Å². The maximum absolute atomic E-state index is 14.1. The second-order valence-electron chi connectivity index (χ2n) is 6.08. The first-order chi connectivity index (χ1) is 11.7. The van der Waals surface area contributed by atoms with Gasteiger partial charge in [-0.3, -0.25) is 9.88 Å². The van der Waals surface area contributed by atoms with Gasteiger partial charge in [0.05, 0.1) is 18.9 Å². The highest BCUT2D eigenvalue weighted by Crippen LogP contribution is 2.28. The molecule has 2 rings (SSSR count). The molecule has 0 aromatic carbocycles. The number of halogens is 1. The average molecular weight is 359 g/mol. The SMILES string of the molecule is CC[C@H](C)COC(=O)Nc1nc(=O)n([C@@H]2O[C@H](C)[C@@H](O)[C@H]2O)cc1F. The van der Waals surface area contributed by atoms with Gasteiger partial charge in [0.25, 0.3) is 0 Å². The van der Waals surface area contributed by atoms with Crippen LogP contribution in [0.2, 0.25) is 0 Å². The van der Waals surface area contributed by atoms with Gasteiger partial charge in [0, 0.05) is 0 Å². The van der Waals surface area contributed by atoms with Crippen molar-refractivity contribution in [3.05, 3.63) is 22.5 Å². The number of anilines is 1. The van der Waals surface area contributed by atoms with Gasteiger partial charge in [-0.15, -0.1) is 0 Å². The van der Waals surface area contributed by atoms with Crippen molar-refractivity contribution in [1.29, 1.82) is 0 Å². The number of nitrogens with zero attached hydrogens (tertiary/aromatic N) is 2. The number of hydrogen-bond donors (Lipinski definition) is 3. The molecule has 5 atom stereocenters. The zero-order valence-electron chi connectivity index (χ0n) is 14.2. The molecule has 2 heterocycles. The first-order valence-electron chi connectivity index (χ1n) is 7.98. The van der Waals surface area contributed by atoms with E-state index in [4.69, 9.17) is 9.47 Å². The molecular weight excluding hydrogens is 337 g/mol. The van der Waals surface area contributed by atoms with Gasteiger partial charge in [-0.2, -0.15) is 4.98 Å². The maximum atomic E-state index is 14.1. The minimum absolute atomic E-state index is 0.144. The van der Waals surface area contributed by atoms with Crippen molar-refractivity contribution in [2.45, 2.75) is 51.7 Å². The molecule has 0 unspecified atom stereocenters. The molecule has 0 spiro atoms. The van der Waals surface area contributed by atoms with Crippen LogP contribution in [-0.4, -0.2) is 50.8 Å². The fourth-order valence-corrected chi connectivity index (χ4v) is 2.24. The number of aliphatic hydroxyl groups is 2. The summed E-state index contributed by atoms with van der Waals surface area (Å²) in [6.45, 7) is 5.48. The number of carbonyl (C=O) groups excluding carboxylic acids is 1. The molecule has 0 aliphatic carbocycles. The van der Waals surface area contributed by atoms with Crippen molar-refractivity contribution < 1.29 is 28.9 Å². The number of aliphatic hydroxyl groups excluding tert-OH is 2. The molecular formula is C15H22FN3O6. The highest BCUT2D eigenvalue weighted by Gasteiger charge is 2.42. The van der Waals surface area contributed by atoms with Gasteiger partial charge in [0.2, 0.25) is 0 Å². The average Bonchev–Trinajstić information content (AvgIpc) is 2.83. The summed E-state index contributed by atoms with van der Waals surface area (Å²) < 4.78 is 25.0. The van der Waals surface area contributed by atoms with E-state index in [0.717, 1.165) is 17.2 Å². The van der Waals surface area contributed by atoms with E-state index >= 15 is 0 Å². The number of ether oxygens (including phenoxy) is 2. The molecule has 140 valence electrons. The van der Waals surface area contributed by atoms with Crippen LogP contribution >= 0.6 is 0 Å². The molecule has 10 heteroatoms. The first-order valence-corrected chi connectivity index (χ1v) is 7.98. The standard InChI is InChI=1S/C15H22FN3O6/c1-4-7(2)6-24-15(23)18-12-9(16)5-19(14(22)17-12)13-11(21)10(20)8(3)25-13/h5,7-8,10-11,13,20-21H,4,6H2,1-3H3,(H,17,18,22,23)/t7-,8+,10+,11+,13+/m0/s1. The van der Waals surface area contributed by atoms with Crippen LogP contribution in [0, 0.1) is 11.7 Å². The Morgan fingerprint density at radius 1 is 1.52 bits per heavy atom. The number of amides is 1. The summed E-state index contributed by atoms with van der Waals surface area (Å²) in [6.07, 6.45) is -4.00. The van der Waals surface area contributed by atoms with E-state index in [-0.39, 0.29) is 12.5 Å². The van der Waals surface area contributed by atoms with Crippen molar-refractivity contribution in [1.82, 2.24) is 9.55 Å². The summed E-state index contributed by atoms with van der Waals surface area (Å²) in [5.74, 6) is -1.45. The molecule has 1 aliphatic heterocycles. The van der Waals surface area contributed by atoms with E-state index in [9.17, 15) is 24.2 Å². The van der Waals surface area contributed by atoms with E-state index in [1.807, 2.05) is 13.8 Å². The fraction of sp³-hybridized carbons (Fsp3) is 0.667. The molecule has 9 nitrogen and oxygen atoms in total. The number of nitrogens with one attached hydrogen (secondary N) is 1. The molecule has 1 aliphatic rings. The fourth-order valence-electron chi connectivity index (χ4n) is 2.24. The highest BCUT2D eigenvalue weighted by molar-refractivity contribution is 5.83. The smallest absolute Gasteiger partial charge is 0.412 e. The van der Waals surface area contributed by atoms with Crippen molar-refractivity contribution in [3.63, 3.8) is 0 Å². The van der Waals surface area contributed by atoms with Crippen molar-refractivity contribution in [2.75, 3.05) is 11.9 Å². The molecule has 0 bridgehead atoms. The van der Waals surface area contributed by atoms with Crippen LogP contribution in [0.4, 0.5) is 15.0 Å². The van der Waals surface area contributed by atoms with E-state index in [2.05, 4.69) is 10.3 Å². The molecule has 3 N–H and O–H groups in total. The number of carbonyl (C=O) groups is 1. The molecule has 1 saturated heterocycles. The summed E-state index contributed by atoms with van der Waals surface area (Å²) in [7, 11) is 0. The third-order valence-corrected chi connectivity index (χ3v) is 4.07. The van der Waals surface area contributed by atoms with Crippen LogP contribution in [0.15, 0.2) is 11.0 Å². The van der Waals surface area contributed by atoms with Crippen molar-refractivity contribution in [2.24, 2.45) is 5.92 Å². The lowest BCUT2D eigenvalue weighted by atomic mass is 10.1. The summed E-state index contributed by atoms with van der Waals surface area (Å²) in [4.78, 5) is 27.1. The molecule has 25 heavy (non-hydrogen) atoms. The van der Waals surface area contributed by atoms with Gasteiger partial charge in [0.15, 0.2) is 17.9 Å². The van der Waals surface area contributed by atoms with Gasteiger partial charge >= 0.3 is 11.8 Å². The molecule has 1 fully saturated rings. The Morgan fingerprint density at radius 2 is 2.20 bits per heavy atom. The monoisotopic (exact) mass is 359 g/mol. The molecule has 1 aromatic heterocycles. The lowest BCUT2D eigenvalue weighted by Crippen LogP contribution is -2.36. The molecule has 0 radical (unpaired) electrons. The zero-order chi connectivity index (χ0) is 18.7. The zero-order valence-corrected chi connectivity index (χ0v) is 14.2. The molecule has 0 saturated carbocycles. The predicted molar refractivity (Wildman–Crippen MR) is 84.5 cm³/mol. The predicted octanol–water partition coefficient (Wildman–Crippen LogP) is 0.616. The van der Waals surface area contributed by atoms with Gasteiger partial charge in [-0.25, -0.2) is 14.0 Å². The van der Waals surface area contributed by atoms with Crippen molar-refractivity contribution in [3.8, 4) is 0 Å². The molecule has 1 aromatic rings. The normalized spacial score (nSPS) is 27.1. The van der Waals surface area contributed by atoms with Crippen LogP contribution in [0.5, 0.6) is 0 Å². The van der Waals surface area contributed by atoms with Gasteiger partial charge < -0.3 is 19.7 Å². The Bertz CT molecular complexity index is 682. The molecule has 1 amide bonds. The maximum Gasteiger partial charge on any atom is 0.412 e. The Labute approximate surface area is 143 Å². The van der Waals surface area contributed by atoms with Crippen LogP contribution in [0.25, 0.3) is 0 Å². The van der Waals surface area contributed by atoms with Crippen LogP contribution in [0.3, 0.4) is 0 Å². The van der Waals surface area contributed by atoms with Crippen molar-refractivity contribution >= 4 is 11.9 Å². The van der Waals surface area contributed by atoms with E-state index < -0.39 is 48.0 Å². The summed E-state index contributed by atoms with van der Waals surface area (Å²) in [6, 6.07) is 0. The Kier molecular flexibility index (Phi) is 6.09. The third kappa shape index (κ3) is 4.33. The summed E-state index contributed by atoms with van der Waals surface area (Å²) in [5, 5.41) is 21.6. The van der Waals surface area contributed by atoms with Gasteiger partial charge in [0.1, 0.15) is 12.2 Å². The Hall–Kier alpha value is -2.04. The highest BCUT2D eigenvalue weighted by atomic mass is 19.1. The summed E-state index contributed by atoms with van der Waals surface area (Å²) >= 11 is 0. The minimum atomic E-state index is -1.41. The van der Waals surface area contributed by atoms with Crippen LogP contribution in [0.1, 0.15) is 33.4 Å². The summed E-state index contributed by atoms with van der Waals surface area (Å²) in [5.41, 5.74) is -0.955. The number of rotatable bonds is 5. The van der Waals surface area contributed by atoms with Crippen LogP contribution in [-0.2, 0) is 9.47 Å². The topological polar surface area (TPSA) is 123 Å². The quantitative estimate of drug-likeness (QED) is 0.704. The largest absolute Gasteiger partial charge is 0.449 e.